The van der Waals surface area contributed by atoms with Crippen LogP contribution < -0.4 is 20.7 Å². The molecule has 9 heteroatoms. The maximum Gasteiger partial charge on any atom is 0.268 e. The fourth-order valence-electron chi connectivity index (χ4n) is 4.43. The van der Waals surface area contributed by atoms with Crippen LogP contribution in [0.3, 0.4) is 0 Å². The van der Waals surface area contributed by atoms with Gasteiger partial charge in [0.05, 0.1) is 13.7 Å². The zero-order valence-electron chi connectivity index (χ0n) is 18.9. The molecule has 3 unspecified atom stereocenters. The third kappa shape index (κ3) is 5.53. The number of aromatic nitrogens is 1. The van der Waals surface area contributed by atoms with Crippen LogP contribution in [-0.4, -0.2) is 61.7 Å². The Bertz CT molecular complexity index is 1040. The highest BCUT2D eigenvalue weighted by atomic mass is 16.5. The van der Waals surface area contributed by atoms with Crippen LogP contribution in [0.5, 0.6) is 5.75 Å². The molecule has 0 spiro atoms. The van der Waals surface area contributed by atoms with Crippen molar-refractivity contribution in [3.63, 3.8) is 0 Å². The van der Waals surface area contributed by atoms with Crippen molar-refractivity contribution in [1.29, 1.82) is 0 Å². The number of aliphatic imine (C=N–C) groups is 1. The van der Waals surface area contributed by atoms with Crippen molar-refractivity contribution in [2.24, 2.45) is 16.8 Å². The van der Waals surface area contributed by atoms with Gasteiger partial charge in [-0.2, -0.15) is 0 Å². The van der Waals surface area contributed by atoms with E-state index in [-0.39, 0.29) is 29.7 Å². The average molecular weight is 454 g/mol. The summed E-state index contributed by atoms with van der Waals surface area (Å²) >= 11 is 0. The Labute approximate surface area is 192 Å². The summed E-state index contributed by atoms with van der Waals surface area (Å²) in [6, 6.07) is 6.32. The Morgan fingerprint density at radius 1 is 1.24 bits per heavy atom. The molecular formula is C24H31N5O4. The predicted molar refractivity (Wildman–Crippen MR) is 126 cm³/mol. The topological polar surface area (TPSA) is 125 Å². The molecule has 4 rings (SSSR count). The highest BCUT2D eigenvalue weighted by molar-refractivity contribution is 6.01. The van der Waals surface area contributed by atoms with Gasteiger partial charge in [0.15, 0.2) is 0 Å². The van der Waals surface area contributed by atoms with Crippen LogP contribution in [0.25, 0.3) is 10.9 Å². The van der Waals surface area contributed by atoms with E-state index in [4.69, 9.17) is 4.74 Å². The number of carbonyl (C=O) groups excluding carboxylic acids is 3. The van der Waals surface area contributed by atoms with Gasteiger partial charge in [-0.05, 0) is 50.1 Å². The number of benzene rings is 1. The molecular weight excluding hydrogens is 422 g/mol. The van der Waals surface area contributed by atoms with E-state index in [9.17, 15) is 14.4 Å². The molecule has 1 aliphatic heterocycles. The summed E-state index contributed by atoms with van der Waals surface area (Å²) in [5.74, 6) is 0.370. The molecule has 9 nitrogen and oxygen atoms in total. The number of amides is 3. The van der Waals surface area contributed by atoms with Crippen LogP contribution in [0.1, 0.15) is 42.6 Å². The van der Waals surface area contributed by atoms with E-state index in [1.165, 1.54) is 0 Å². The predicted octanol–water partition coefficient (Wildman–Crippen LogP) is 1.79. The first-order chi connectivity index (χ1) is 16.0. The smallest absolute Gasteiger partial charge is 0.268 e. The number of carbonyl (C=O) groups is 3. The lowest BCUT2D eigenvalue weighted by molar-refractivity contribution is -0.125. The van der Waals surface area contributed by atoms with Gasteiger partial charge in [-0.1, -0.05) is 18.9 Å². The van der Waals surface area contributed by atoms with Gasteiger partial charge in [0.25, 0.3) is 5.91 Å². The van der Waals surface area contributed by atoms with E-state index in [0.29, 0.717) is 43.3 Å². The minimum Gasteiger partial charge on any atom is -0.496 e. The molecule has 2 aliphatic rings. The number of nitrogens with zero attached hydrogens (tertiary/aromatic N) is 1. The summed E-state index contributed by atoms with van der Waals surface area (Å²) in [5, 5.41) is 9.54. The van der Waals surface area contributed by atoms with Crippen molar-refractivity contribution in [2.75, 3.05) is 20.2 Å². The van der Waals surface area contributed by atoms with Gasteiger partial charge in [0.2, 0.25) is 11.8 Å². The van der Waals surface area contributed by atoms with Gasteiger partial charge in [0.1, 0.15) is 17.5 Å². The largest absolute Gasteiger partial charge is 0.496 e. The van der Waals surface area contributed by atoms with Crippen LogP contribution >= 0.6 is 0 Å². The number of rotatable bonds is 11. The number of hydrogen-bond acceptors (Lipinski definition) is 5. The number of ether oxygens (including phenoxy) is 1. The number of H-pyrrole nitrogens is 1. The van der Waals surface area contributed by atoms with Crippen LogP contribution in [0.2, 0.25) is 0 Å². The number of aromatic amines is 1. The maximum atomic E-state index is 13.2. The number of hydrogen-bond donors (Lipinski definition) is 4. The van der Waals surface area contributed by atoms with Crippen molar-refractivity contribution in [2.45, 2.75) is 44.2 Å². The minimum atomic E-state index is -0.664. The summed E-state index contributed by atoms with van der Waals surface area (Å²) in [4.78, 5) is 45.2. The van der Waals surface area contributed by atoms with Crippen molar-refractivity contribution >= 4 is 35.3 Å². The lowest BCUT2D eigenvalue weighted by atomic mass is 9.97. The second-order valence-electron chi connectivity index (χ2n) is 8.93. The summed E-state index contributed by atoms with van der Waals surface area (Å²) in [6.45, 7) is 4.52. The van der Waals surface area contributed by atoms with Crippen LogP contribution in [-0.2, 0) is 9.59 Å². The Kier molecular flexibility index (Phi) is 6.96. The normalized spacial score (nSPS) is 19.5. The molecule has 1 saturated heterocycles. The van der Waals surface area contributed by atoms with Crippen molar-refractivity contribution in [3.05, 3.63) is 30.0 Å². The number of methoxy groups -OCH3 is 1. The fourth-order valence-corrected chi connectivity index (χ4v) is 4.43. The Balaban J connectivity index is 1.45. The van der Waals surface area contributed by atoms with E-state index >= 15 is 0 Å². The van der Waals surface area contributed by atoms with Crippen molar-refractivity contribution in [1.82, 2.24) is 20.9 Å². The van der Waals surface area contributed by atoms with E-state index in [2.05, 4.69) is 32.6 Å². The molecule has 2 heterocycles. The molecule has 0 radical (unpaired) electrons. The lowest BCUT2D eigenvalue weighted by Gasteiger charge is -2.24. The molecule has 3 amide bonds. The first kappa shape index (κ1) is 22.8. The number of fused-ring (bicyclic) bond motifs is 1. The second kappa shape index (κ2) is 10.1. The molecule has 33 heavy (non-hydrogen) atoms. The van der Waals surface area contributed by atoms with Gasteiger partial charge in [-0.15, -0.1) is 0 Å². The third-order valence-corrected chi connectivity index (χ3v) is 6.40. The van der Waals surface area contributed by atoms with Gasteiger partial charge in [0, 0.05) is 29.4 Å². The first-order valence-electron chi connectivity index (χ1n) is 11.5. The highest BCUT2D eigenvalue weighted by Gasteiger charge is 2.33. The summed E-state index contributed by atoms with van der Waals surface area (Å²) in [6.07, 6.45) is 3.95. The first-order valence-corrected chi connectivity index (χ1v) is 11.5. The van der Waals surface area contributed by atoms with E-state index in [1.807, 2.05) is 18.2 Å². The van der Waals surface area contributed by atoms with Crippen LogP contribution in [0.4, 0.5) is 0 Å². The molecule has 1 aromatic carbocycles. The van der Waals surface area contributed by atoms with Crippen LogP contribution in [0, 0.1) is 11.8 Å². The molecule has 2 fully saturated rings. The molecule has 3 atom stereocenters. The Morgan fingerprint density at radius 3 is 2.73 bits per heavy atom. The van der Waals surface area contributed by atoms with Gasteiger partial charge >= 0.3 is 0 Å². The highest BCUT2D eigenvalue weighted by Crippen LogP contribution is 2.34. The van der Waals surface area contributed by atoms with Crippen molar-refractivity contribution in [3.8, 4) is 5.75 Å². The monoisotopic (exact) mass is 453 g/mol. The zero-order chi connectivity index (χ0) is 23.4. The second-order valence-corrected chi connectivity index (χ2v) is 8.93. The third-order valence-electron chi connectivity index (χ3n) is 6.40. The van der Waals surface area contributed by atoms with Crippen molar-refractivity contribution < 1.29 is 19.1 Å². The molecule has 1 aliphatic carbocycles. The number of nitrogens with one attached hydrogen (secondary N) is 4. The van der Waals surface area contributed by atoms with Crippen LogP contribution in [0.15, 0.2) is 29.3 Å². The molecule has 0 bridgehead atoms. The molecule has 1 saturated carbocycles. The summed E-state index contributed by atoms with van der Waals surface area (Å²) in [7, 11) is 1.58. The summed E-state index contributed by atoms with van der Waals surface area (Å²) < 4.78 is 5.37. The average Bonchev–Trinajstić information content (AvgIpc) is 3.36. The lowest BCUT2D eigenvalue weighted by Crippen LogP contribution is -2.51. The quantitative estimate of drug-likeness (QED) is 0.387. The minimum absolute atomic E-state index is 0.00961. The van der Waals surface area contributed by atoms with Gasteiger partial charge in [-0.25, -0.2) is 0 Å². The van der Waals surface area contributed by atoms with E-state index in [1.54, 1.807) is 13.2 Å². The Hall–Kier alpha value is -3.36. The molecule has 1 aromatic heterocycles. The molecule has 2 aromatic rings. The van der Waals surface area contributed by atoms with E-state index in [0.717, 1.165) is 30.2 Å². The standard InChI is InChI=1S/C24H31N5O4/c1-25-13-16(11-15-8-9-26-22(15)30)27-23(31)19(10-14-6-7-14)29-24(32)20-12-17-18(28-20)4-3-5-21(17)33-2/h3-5,12,14-16,19,28H,1,6-11,13H2,2H3,(H,26,30)(H,27,31)(H,29,32). The fraction of sp³-hybridized carbons (Fsp3) is 0.500. The summed E-state index contributed by atoms with van der Waals surface area (Å²) in [5.41, 5.74) is 1.16. The van der Waals surface area contributed by atoms with E-state index < -0.39 is 6.04 Å². The molecule has 4 N–H and O–H groups in total. The Morgan fingerprint density at radius 2 is 2.06 bits per heavy atom. The zero-order valence-corrected chi connectivity index (χ0v) is 18.9. The maximum absolute atomic E-state index is 13.2. The molecule has 176 valence electrons. The van der Waals surface area contributed by atoms with Gasteiger partial charge in [-0.3, -0.25) is 19.4 Å². The van der Waals surface area contributed by atoms with Gasteiger partial charge < -0.3 is 25.7 Å². The SMILES string of the molecule is C=NCC(CC1CCNC1=O)NC(=O)C(CC1CC1)NC(=O)c1cc2c(OC)cccc2[nH]1.